The Bertz CT molecular complexity index is 521. The zero-order valence-corrected chi connectivity index (χ0v) is 10.8. The lowest BCUT2D eigenvalue weighted by atomic mass is 9.98. The van der Waals surface area contributed by atoms with E-state index in [-0.39, 0.29) is 28.7 Å². The summed E-state index contributed by atoms with van der Waals surface area (Å²) in [5.41, 5.74) is 0.696. The maximum Gasteiger partial charge on any atom is 0.337 e. The largest absolute Gasteiger partial charge is 0.479 e. The van der Waals surface area contributed by atoms with Crippen LogP contribution < -0.4 is 0 Å². The van der Waals surface area contributed by atoms with Crippen LogP contribution in [0.1, 0.15) is 22.8 Å². The molecular weight excluding hydrogens is 302 g/mol. The fourth-order valence-electron chi connectivity index (χ4n) is 1.46. The van der Waals surface area contributed by atoms with Gasteiger partial charge >= 0.3 is 5.97 Å². The summed E-state index contributed by atoms with van der Waals surface area (Å²) < 4.78 is 0. The van der Waals surface area contributed by atoms with E-state index >= 15 is 0 Å². The van der Waals surface area contributed by atoms with Crippen LogP contribution in [0.3, 0.4) is 0 Å². The van der Waals surface area contributed by atoms with Crippen LogP contribution in [-0.2, 0) is 16.0 Å². The summed E-state index contributed by atoms with van der Waals surface area (Å²) >= 11 is 3.03. The van der Waals surface area contributed by atoms with Gasteiger partial charge in [-0.1, -0.05) is 28.1 Å². The number of alkyl halides is 1. The van der Waals surface area contributed by atoms with Gasteiger partial charge in [0.05, 0.1) is 17.0 Å². The maximum atomic E-state index is 11.2. The third-order valence-corrected chi connectivity index (χ3v) is 2.94. The Hall–Kier alpha value is -1.71. The Kier molecular flexibility index (Phi) is 5.01. The van der Waals surface area contributed by atoms with E-state index < -0.39 is 12.1 Å². The van der Waals surface area contributed by atoms with Crippen LogP contribution in [0.2, 0.25) is 0 Å². The van der Waals surface area contributed by atoms with Crippen LogP contribution in [-0.4, -0.2) is 27.3 Å². The molecule has 0 saturated carbocycles. The van der Waals surface area contributed by atoms with Crippen LogP contribution in [0.15, 0.2) is 18.2 Å². The van der Waals surface area contributed by atoms with Crippen LogP contribution in [0.5, 0.6) is 0 Å². The summed E-state index contributed by atoms with van der Waals surface area (Å²) in [7, 11) is 0. The van der Waals surface area contributed by atoms with Crippen molar-refractivity contribution in [2.45, 2.75) is 12.5 Å². The predicted molar refractivity (Wildman–Crippen MR) is 66.3 cm³/mol. The summed E-state index contributed by atoms with van der Waals surface area (Å²) in [6.45, 7) is 0. The smallest absolute Gasteiger partial charge is 0.337 e. The molecule has 1 aromatic carbocycles. The van der Waals surface area contributed by atoms with Crippen molar-refractivity contribution in [1.29, 1.82) is 5.26 Å². The SMILES string of the molecule is N#Cc1cc(CC(=O)CBr)ccc1C(O)C(=O)O. The van der Waals surface area contributed by atoms with Gasteiger partial charge < -0.3 is 10.2 Å². The van der Waals surface area contributed by atoms with Crippen molar-refractivity contribution in [2.24, 2.45) is 0 Å². The molecule has 0 saturated heterocycles. The number of nitrogens with zero attached hydrogens (tertiary/aromatic N) is 1. The number of carbonyl (C=O) groups excluding carboxylic acids is 1. The fraction of sp³-hybridized carbons (Fsp3) is 0.250. The molecule has 0 bridgehead atoms. The van der Waals surface area contributed by atoms with Gasteiger partial charge in [0.1, 0.15) is 5.78 Å². The van der Waals surface area contributed by atoms with E-state index in [1.807, 2.05) is 6.07 Å². The molecule has 0 heterocycles. The number of hydrogen-bond acceptors (Lipinski definition) is 4. The van der Waals surface area contributed by atoms with E-state index in [4.69, 9.17) is 10.4 Å². The average molecular weight is 312 g/mol. The standard InChI is InChI=1S/C12H10BrNO4/c13-5-9(15)4-7-1-2-10(8(3-7)6-14)11(16)12(17)18/h1-3,11,16H,4-5H2,(H,17,18). The highest BCUT2D eigenvalue weighted by Crippen LogP contribution is 2.20. The van der Waals surface area contributed by atoms with E-state index in [1.165, 1.54) is 18.2 Å². The number of nitriles is 1. The minimum atomic E-state index is -1.74. The van der Waals surface area contributed by atoms with Crippen molar-refractivity contribution < 1.29 is 19.8 Å². The van der Waals surface area contributed by atoms with Crippen molar-refractivity contribution in [1.82, 2.24) is 0 Å². The van der Waals surface area contributed by atoms with Gasteiger partial charge in [-0.3, -0.25) is 4.79 Å². The summed E-state index contributed by atoms with van der Waals surface area (Å²) in [5.74, 6) is -1.47. The lowest BCUT2D eigenvalue weighted by Gasteiger charge is -2.09. The minimum Gasteiger partial charge on any atom is -0.479 e. The first-order valence-electron chi connectivity index (χ1n) is 5.01. The lowest BCUT2D eigenvalue weighted by Crippen LogP contribution is -2.12. The molecule has 18 heavy (non-hydrogen) atoms. The van der Waals surface area contributed by atoms with Crippen LogP contribution in [0, 0.1) is 11.3 Å². The quantitative estimate of drug-likeness (QED) is 0.796. The van der Waals surface area contributed by atoms with E-state index in [2.05, 4.69) is 15.9 Å². The second kappa shape index (κ2) is 6.28. The van der Waals surface area contributed by atoms with Crippen LogP contribution in [0.4, 0.5) is 0 Å². The first kappa shape index (κ1) is 14.4. The molecular formula is C12H10BrNO4. The number of benzene rings is 1. The summed E-state index contributed by atoms with van der Waals surface area (Å²) in [5, 5.41) is 27.2. The number of aliphatic hydroxyl groups excluding tert-OH is 1. The van der Waals surface area contributed by atoms with Crippen molar-refractivity contribution in [3.63, 3.8) is 0 Å². The number of halogens is 1. The molecule has 6 heteroatoms. The van der Waals surface area contributed by atoms with Crippen molar-refractivity contribution in [3.8, 4) is 6.07 Å². The highest BCUT2D eigenvalue weighted by atomic mass is 79.9. The molecule has 0 aliphatic carbocycles. The molecule has 0 aromatic heterocycles. The number of carboxylic acids is 1. The molecule has 0 amide bonds. The van der Waals surface area contributed by atoms with E-state index in [9.17, 15) is 14.7 Å². The highest BCUT2D eigenvalue weighted by molar-refractivity contribution is 9.09. The molecule has 94 valence electrons. The van der Waals surface area contributed by atoms with Crippen LogP contribution in [0.25, 0.3) is 0 Å². The molecule has 1 aromatic rings. The van der Waals surface area contributed by atoms with Gasteiger partial charge in [-0.05, 0) is 11.6 Å². The Morgan fingerprint density at radius 1 is 1.44 bits per heavy atom. The molecule has 0 fully saturated rings. The van der Waals surface area contributed by atoms with Gasteiger partial charge in [0, 0.05) is 12.0 Å². The second-order valence-corrected chi connectivity index (χ2v) is 4.18. The summed E-state index contributed by atoms with van der Waals surface area (Å²) in [6, 6.07) is 6.12. The van der Waals surface area contributed by atoms with Gasteiger partial charge in [-0.2, -0.15) is 5.26 Å². The van der Waals surface area contributed by atoms with Gasteiger partial charge in [-0.15, -0.1) is 0 Å². The Balaban J connectivity index is 3.08. The number of hydrogen-bond donors (Lipinski definition) is 2. The van der Waals surface area contributed by atoms with E-state index in [0.29, 0.717) is 5.56 Å². The lowest BCUT2D eigenvalue weighted by molar-refractivity contribution is -0.147. The van der Waals surface area contributed by atoms with Crippen LogP contribution >= 0.6 is 15.9 Å². The van der Waals surface area contributed by atoms with Crippen molar-refractivity contribution in [2.75, 3.05) is 5.33 Å². The monoisotopic (exact) mass is 311 g/mol. The highest BCUT2D eigenvalue weighted by Gasteiger charge is 2.20. The van der Waals surface area contributed by atoms with Crippen molar-refractivity contribution >= 4 is 27.7 Å². The fourth-order valence-corrected chi connectivity index (χ4v) is 1.65. The molecule has 0 aliphatic heterocycles. The third kappa shape index (κ3) is 3.39. The minimum absolute atomic E-state index is 0.0278. The Morgan fingerprint density at radius 2 is 2.11 bits per heavy atom. The molecule has 0 radical (unpaired) electrons. The number of carbonyl (C=O) groups is 2. The predicted octanol–water partition coefficient (Wildman–Crippen LogP) is 1.18. The number of carboxylic acid groups (broad SMARTS) is 1. The van der Waals surface area contributed by atoms with Gasteiger partial charge in [0.15, 0.2) is 6.10 Å². The number of rotatable bonds is 5. The first-order chi connectivity index (χ1) is 8.49. The molecule has 5 nitrogen and oxygen atoms in total. The Morgan fingerprint density at radius 3 is 2.61 bits per heavy atom. The summed E-state index contributed by atoms with van der Waals surface area (Å²) in [6.07, 6.45) is -1.58. The van der Waals surface area contributed by atoms with E-state index in [1.54, 1.807) is 0 Å². The molecule has 1 unspecified atom stereocenters. The second-order valence-electron chi connectivity index (χ2n) is 3.62. The number of ketones is 1. The zero-order chi connectivity index (χ0) is 13.7. The Labute approximate surface area is 112 Å². The van der Waals surface area contributed by atoms with Gasteiger partial charge in [0.25, 0.3) is 0 Å². The van der Waals surface area contributed by atoms with Gasteiger partial charge in [0.2, 0.25) is 0 Å². The zero-order valence-electron chi connectivity index (χ0n) is 9.26. The molecule has 1 rings (SSSR count). The molecule has 2 N–H and O–H groups in total. The topological polar surface area (TPSA) is 98.4 Å². The normalized spacial score (nSPS) is 11.6. The number of aliphatic carboxylic acids is 1. The number of aliphatic hydroxyl groups is 1. The summed E-state index contributed by atoms with van der Waals surface area (Å²) in [4.78, 5) is 21.9. The maximum absolute atomic E-state index is 11.2. The molecule has 0 aliphatic rings. The molecule has 0 spiro atoms. The average Bonchev–Trinajstić information content (AvgIpc) is 2.37. The first-order valence-corrected chi connectivity index (χ1v) is 6.13. The third-order valence-electron chi connectivity index (χ3n) is 2.32. The van der Waals surface area contributed by atoms with Gasteiger partial charge in [-0.25, -0.2) is 4.79 Å². The van der Waals surface area contributed by atoms with Crippen molar-refractivity contribution in [3.05, 3.63) is 34.9 Å². The molecule has 1 atom stereocenters. The van der Waals surface area contributed by atoms with E-state index in [0.717, 1.165) is 0 Å². The number of Topliss-reactive ketones (excluding diaryl/α,β-unsaturated/α-hetero) is 1.